The first-order valence-corrected chi connectivity index (χ1v) is 6.29. The number of aromatic nitrogens is 4. The Morgan fingerprint density at radius 1 is 0.909 bits per heavy atom. The zero-order chi connectivity index (χ0) is 15.2. The van der Waals surface area contributed by atoms with Gasteiger partial charge in [-0.3, -0.25) is 0 Å². The van der Waals surface area contributed by atoms with E-state index in [1.165, 1.54) is 12.5 Å². The molecule has 0 radical (unpaired) electrons. The minimum Gasteiger partial charge on any atom is -0.437 e. The van der Waals surface area contributed by atoms with Crippen LogP contribution < -0.4 is 9.47 Å². The molecule has 0 aliphatic carbocycles. The minimum absolute atomic E-state index is 0.0886. The number of nitriles is 1. The molecule has 2 aromatic heterocycles. The van der Waals surface area contributed by atoms with Gasteiger partial charge in [-0.25, -0.2) is 15.0 Å². The normalized spacial score (nSPS) is 9.77. The van der Waals surface area contributed by atoms with Gasteiger partial charge in [0, 0.05) is 24.5 Å². The van der Waals surface area contributed by atoms with Gasteiger partial charge in [0.05, 0.1) is 5.56 Å². The summed E-state index contributed by atoms with van der Waals surface area (Å²) in [7, 11) is 0. The number of hydrogen-bond donors (Lipinski definition) is 0. The first-order valence-electron chi connectivity index (χ1n) is 6.29. The van der Waals surface area contributed by atoms with Crippen LogP contribution in [0.4, 0.5) is 0 Å². The lowest BCUT2D eigenvalue weighted by Crippen LogP contribution is -1.96. The van der Waals surface area contributed by atoms with Gasteiger partial charge in [0.2, 0.25) is 11.8 Å². The predicted octanol–water partition coefficient (Wildman–Crippen LogP) is 2.72. The Hall–Kier alpha value is -3.53. The molecule has 0 saturated carbocycles. The van der Waals surface area contributed by atoms with Crippen molar-refractivity contribution in [3.63, 3.8) is 0 Å². The number of nitrogens with zero attached hydrogens (tertiary/aromatic N) is 5. The van der Waals surface area contributed by atoms with Crippen LogP contribution >= 0.6 is 0 Å². The fraction of sp³-hybridized carbons (Fsp3) is 0. The first kappa shape index (κ1) is 13.5. The lowest BCUT2D eigenvalue weighted by atomic mass is 10.2. The Kier molecular flexibility index (Phi) is 3.84. The van der Waals surface area contributed by atoms with Crippen LogP contribution in [0.3, 0.4) is 0 Å². The number of benzene rings is 1. The van der Waals surface area contributed by atoms with E-state index in [4.69, 9.17) is 14.7 Å². The molecule has 0 aliphatic rings. The summed E-state index contributed by atoms with van der Waals surface area (Å²) in [5, 5.41) is 9.04. The molecular weight excluding hydrogens is 282 g/mol. The van der Waals surface area contributed by atoms with E-state index in [9.17, 15) is 0 Å². The lowest BCUT2D eigenvalue weighted by molar-refractivity contribution is 0.400. The van der Waals surface area contributed by atoms with Crippen molar-refractivity contribution in [2.24, 2.45) is 0 Å². The number of hydrogen-bond acceptors (Lipinski definition) is 7. The quantitative estimate of drug-likeness (QED) is 0.729. The van der Waals surface area contributed by atoms with Gasteiger partial charge < -0.3 is 9.47 Å². The van der Waals surface area contributed by atoms with Gasteiger partial charge in [0.25, 0.3) is 0 Å². The summed E-state index contributed by atoms with van der Waals surface area (Å²) in [6.07, 6.45) is 4.40. The van der Waals surface area contributed by atoms with Gasteiger partial charge in [-0.15, -0.1) is 0 Å². The molecule has 0 atom stereocenters. The van der Waals surface area contributed by atoms with E-state index < -0.39 is 0 Å². The van der Waals surface area contributed by atoms with Crippen molar-refractivity contribution in [2.75, 3.05) is 0 Å². The van der Waals surface area contributed by atoms with Crippen molar-refractivity contribution in [2.45, 2.75) is 0 Å². The van der Waals surface area contributed by atoms with Crippen molar-refractivity contribution >= 4 is 0 Å². The maximum Gasteiger partial charge on any atom is 0.326 e. The average Bonchev–Trinajstić information content (AvgIpc) is 2.57. The van der Waals surface area contributed by atoms with E-state index in [0.29, 0.717) is 17.2 Å². The van der Waals surface area contributed by atoms with Crippen LogP contribution in [0.25, 0.3) is 0 Å². The van der Waals surface area contributed by atoms with E-state index in [1.54, 1.807) is 42.6 Å². The maximum atomic E-state index is 9.04. The highest BCUT2D eigenvalue weighted by atomic mass is 16.5. The molecule has 2 heterocycles. The van der Waals surface area contributed by atoms with Gasteiger partial charge >= 0.3 is 6.01 Å². The third kappa shape index (κ3) is 3.13. The van der Waals surface area contributed by atoms with Crippen molar-refractivity contribution in [1.29, 1.82) is 5.26 Å². The summed E-state index contributed by atoms with van der Waals surface area (Å²) >= 11 is 0. The second kappa shape index (κ2) is 6.28. The van der Waals surface area contributed by atoms with Gasteiger partial charge in [-0.05, 0) is 12.1 Å². The molecule has 0 N–H and O–H groups in total. The van der Waals surface area contributed by atoms with Crippen LogP contribution in [0.5, 0.6) is 23.5 Å². The van der Waals surface area contributed by atoms with Gasteiger partial charge in [-0.1, -0.05) is 12.1 Å². The zero-order valence-corrected chi connectivity index (χ0v) is 11.2. The molecule has 7 heteroatoms. The highest BCUT2D eigenvalue weighted by molar-refractivity contribution is 5.44. The van der Waals surface area contributed by atoms with E-state index in [2.05, 4.69) is 26.0 Å². The SMILES string of the molecule is N#Cc1ccccc1Oc1ccnc(Oc2ccncn2)n1. The number of ether oxygens (including phenoxy) is 2. The smallest absolute Gasteiger partial charge is 0.326 e. The van der Waals surface area contributed by atoms with Gasteiger partial charge in [-0.2, -0.15) is 10.2 Å². The van der Waals surface area contributed by atoms with Gasteiger partial charge in [0.1, 0.15) is 18.1 Å². The molecule has 0 saturated heterocycles. The molecule has 1 aromatic carbocycles. The molecule has 0 spiro atoms. The summed E-state index contributed by atoms with van der Waals surface area (Å²) < 4.78 is 11.0. The Bertz CT molecular complexity index is 817. The molecule has 106 valence electrons. The summed E-state index contributed by atoms with van der Waals surface area (Å²) in [4.78, 5) is 15.8. The fourth-order valence-corrected chi connectivity index (χ4v) is 1.62. The molecule has 22 heavy (non-hydrogen) atoms. The molecule has 0 bridgehead atoms. The molecule has 0 unspecified atom stereocenters. The number of rotatable bonds is 4. The zero-order valence-electron chi connectivity index (χ0n) is 11.2. The number of para-hydroxylation sites is 1. The van der Waals surface area contributed by atoms with Crippen LogP contribution in [0, 0.1) is 11.3 Å². The monoisotopic (exact) mass is 291 g/mol. The molecular formula is C15H9N5O2. The second-order valence-corrected chi connectivity index (χ2v) is 4.04. The Morgan fingerprint density at radius 2 is 1.77 bits per heavy atom. The summed E-state index contributed by atoms with van der Waals surface area (Å²) in [5.41, 5.74) is 0.416. The molecule has 0 aliphatic heterocycles. The van der Waals surface area contributed by atoms with Gasteiger partial charge in [0.15, 0.2) is 0 Å². The molecule has 3 aromatic rings. The average molecular weight is 291 g/mol. The first-order chi connectivity index (χ1) is 10.8. The largest absolute Gasteiger partial charge is 0.437 e. The van der Waals surface area contributed by atoms with Crippen LogP contribution in [-0.4, -0.2) is 19.9 Å². The fourth-order valence-electron chi connectivity index (χ4n) is 1.62. The van der Waals surface area contributed by atoms with Crippen LogP contribution in [0.1, 0.15) is 5.56 Å². The molecule has 0 fully saturated rings. The van der Waals surface area contributed by atoms with E-state index in [-0.39, 0.29) is 11.9 Å². The molecule has 0 amide bonds. The van der Waals surface area contributed by atoms with E-state index in [1.807, 2.05) is 0 Å². The predicted molar refractivity (Wildman–Crippen MR) is 75.4 cm³/mol. The Morgan fingerprint density at radius 3 is 2.59 bits per heavy atom. The standard InChI is InChI=1S/C15H9N5O2/c16-9-11-3-1-2-4-12(11)21-14-6-8-18-15(20-14)22-13-5-7-17-10-19-13/h1-8,10H. The minimum atomic E-state index is 0.0886. The topological polar surface area (TPSA) is 93.8 Å². The van der Waals surface area contributed by atoms with Crippen molar-refractivity contribution in [1.82, 2.24) is 19.9 Å². The summed E-state index contributed by atoms with van der Waals surface area (Å²) in [6.45, 7) is 0. The molecule has 3 rings (SSSR count). The highest BCUT2D eigenvalue weighted by Gasteiger charge is 2.07. The van der Waals surface area contributed by atoms with Crippen molar-refractivity contribution < 1.29 is 9.47 Å². The van der Waals surface area contributed by atoms with Crippen molar-refractivity contribution in [3.8, 4) is 29.6 Å². The Balaban J connectivity index is 1.81. The Labute approximate surface area is 125 Å². The van der Waals surface area contributed by atoms with Crippen molar-refractivity contribution in [3.05, 3.63) is 60.7 Å². The molecule has 7 nitrogen and oxygen atoms in total. The second-order valence-electron chi connectivity index (χ2n) is 4.04. The maximum absolute atomic E-state index is 9.04. The third-order valence-electron chi connectivity index (χ3n) is 2.58. The van der Waals surface area contributed by atoms with Crippen LogP contribution in [0.15, 0.2) is 55.1 Å². The van der Waals surface area contributed by atoms with E-state index >= 15 is 0 Å². The lowest BCUT2D eigenvalue weighted by Gasteiger charge is -2.07. The highest BCUT2D eigenvalue weighted by Crippen LogP contribution is 2.24. The van der Waals surface area contributed by atoms with Crippen LogP contribution in [-0.2, 0) is 0 Å². The third-order valence-corrected chi connectivity index (χ3v) is 2.58. The van der Waals surface area contributed by atoms with E-state index in [0.717, 1.165) is 0 Å². The summed E-state index contributed by atoms with van der Waals surface area (Å²) in [5.74, 6) is 1.00. The van der Waals surface area contributed by atoms with Crippen LogP contribution in [0.2, 0.25) is 0 Å². The summed E-state index contributed by atoms with van der Waals surface area (Å²) in [6, 6.07) is 12.2.